The Hall–Kier alpha value is -1.88. The van der Waals surface area contributed by atoms with E-state index in [1.54, 1.807) is 24.3 Å². The van der Waals surface area contributed by atoms with E-state index < -0.39 is 0 Å². The zero-order valence-corrected chi connectivity index (χ0v) is 8.35. The first-order valence-electron chi connectivity index (χ1n) is 4.17. The van der Waals surface area contributed by atoms with Crippen LogP contribution in [0.15, 0.2) is 36.9 Å². The summed E-state index contributed by atoms with van der Waals surface area (Å²) in [7, 11) is 0. The van der Waals surface area contributed by atoms with Gasteiger partial charge >= 0.3 is 0 Å². The van der Waals surface area contributed by atoms with Crippen LogP contribution >= 0.6 is 11.6 Å². The second-order valence-electron chi connectivity index (χ2n) is 2.82. The minimum absolute atomic E-state index is 0.266. The zero-order valence-electron chi connectivity index (χ0n) is 7.59. The molecule has 6 heteroatoms. The van der Waals surface area contributed by atoms with Gasteiger partial charge in [-0.1, -0.05) is 17.7 Å². The Morgan fingerprint density at radius 2 is 2.07 bits per heavy atom. The molecule has 5 nitrogen and oxygen atoms in total. The van der Waals surface area contributed by atoms with Crippen molar-refractivity contribution in [2.75, 3.05) is 5.43 Å². The van der Waals surface area contributed by atoms with E-state index in [0.29, 0.717) is 10.6 Å². The first-order valence-corrected chi connectivity index (χ1v) is 4.55. The molecule has 0 aliphatic rings. The monoisotopic (exact) mass is 222 g/mol. The number of benzene rings is 1. The van der Waals surface area contributed by atoms with Crippen LogP contribution < -0.4 is 5.43 Å². The second kappa shape index (κ2) is 4.10. The molecule has 0 atom stereocenters. The van der Waals surface area contributed by atoms with Crippen molar-refractivity contribution in [2.45, 2.75) is 0 Å². The third-order valence-electron chi connectivity index (χ3n) is 1.74. The minimum Gasteiger partial charge on any atom is -0.267 e. The lowest BCUT2D eigenvalue weighted by Gasteiger charge is -2.04. The summed E-state index contributed by atoms with van der Waals surface area (Å²) in [5.41, 5.74) is 3.04. The van der Waals surface area contributed by atoms with Crippen LogP contribution in [0, 0.1) is 0 Å². The molecule has 76 valence electrons. The van der Waals surface area contributed by atoms with Crippen molar-refractivity contribution in [2.24, 2.45) is 0 Å². The first-order chi connectivity index (χ1) is 7.25. The molecule has 2 rings (SSSR count). The standard InChI is InChI=1S/C9H7ClN4O/c10-8-3-1-2-7(4-8)9(15)13-14-5-11-12-6-14/h1-6H,(H,13,15). The molecule has 1 aromatic carbocycles. The molecular weight excluding hydrogens is 216 g/mol. The fourth-order valence-corrected chi connectivity index (χ4v) is 1.26. The predicted octanol–water partition coefficient (Wildman–Crippen LogP) is 1.32. The smallest absolute Gasteiger partial charge is 0.267 e. The quantitative estimate of drug-likeness (QED) is 0.834. The Labute approximate surface area is 90.7 Å². The van der Waals surface area contributed by atoms with Crippen LogP contribution in [0.1, 0.15) is 10.4 Å². The molecule has 0 unspecified atom stereocenters. The highest BCUT2D eigenvalue weighted by Crippen LogP contribution is 2.10. The summed E-state index contributed by atoms with van der Waals surface area (Å²) in [6.45, 7) is 0. The van der Waals surface area contributed by atoms with Crippen molar-refractivity contribution < 1.29 is 4.79 Å². The number of nitrogens with zero attached hydrogens (tertiary/aromatic N) is 3. The maximum absolute atomic E-state index is 11.6. The van der Waals surface area contributed by atoms with Gasteiger partial charge in [0, 0.05) is 10.6 Å². The molecule has 1 heterocycles. The molecule has 0 spiro atoms. The van der Waals surface area contributed by atoms with Gasteiger partial charge in [-0.3, -0.25) is 10.2 Å². The maximum Gasteiger partial charge on any atom is 0.270 e. The van der Waals surface area contributed by atoms with Gasteiger partial charge in [-0.2, -0.15) is 0 Å². The van der Waals surface area contributed by atoms with Crippen molar-refractivity contribution >= 4 is 17.5 Å². The van der Waals surface area contributed by atoms with E-state index in [9.17, 15) is 4.79 Å². The third kappa shape index (κ3) is 2.32. The normalized spacial score (nSPS) is 9.93. The van der Waals surface area contributed by atoms with Crippen LogP contribution in [0.25, 0.3) is 0 Å². The minimum atomic E-state index is -0.266. The summed E-state index contributed by atoms with van der Waals surface area (Å²) in [4.78, 5) is 11.6. The molecule has 1 amide bonds. The van der Waals surface area contributed by atoms with E-state index >= 15 is 0 Å². The van der Waals surface area contributed by atoms with Gasteiger partial charge in [0.25, 0.3) is 5.91 Å². The van der Waals surface area contributed by atoms with Gasteiger partial charge in [0.2, 0.25) is 0 Å². The van der Waals surface area contributed by atoms with Gasteiger partial charge in [0.05, 0.1) is 0 Å². The van der Waals surface area contributed by atoms with Gasteiger partial charge in [0.15, 0.2) is 0 Å². The lowest BCUT2D eigenvalue weighted by molar-refractivity contribution is 0.101. The fourth-order valence-electron chi connectivity index (χ4n) is 1.07. The van der Waals surface area contributed by atoms with E-state index in [0.717, 1.165) is 0 Å². The van der Waals surface area contributed by atoms with Crippen LogP contribution in [0.2, 0.25) is 5.02 Å². The first kappa shape index (κ1) is 9.67. The van der Waals surface area contributed by atoms with Crippen LogP contribution in [0.3, 0.4) is 0 Å². The lowest BCUT2D eigenvalue weighted by atomic mass is 10.2. The number of nitrogens with one attached hydrogen (secondary N) is 1. The Kier molecular flexibility index (Phi) is 2.64. The van der Waals surface area contributed by atoms with Crippen molar-refractivity contribution in [3.05, 3.63) is 47.5 Å². The zero-order chi connectivity index (χ0) is 10.7. The van der Waals surface area contributed by atoms with Gasteiger partial charge in [-0.15, -0.1) is 10.2 Å². The molecular formula is C9H7ClN4O. The summed E-state index contributed by atoms with van der Waals surface area (Å²) < 4.78 is 1.36. The third-order valence-corrected chi connectivity index (χ3v) is 1.97. The Morgan fingerprint density at radius 1 is 1.33 bits per heavy atom. The average molecular weight is 223 g/mol. The van der Waals surface area contributed by atoms with Crippen molar-refractivity contribution in [1.29, 1.82) is 0 Å². The molecule has 0 radical (unpaired) electrons. The van der Waals surface area contributed by atoms with Crippen LogP contribution in [-0.4, -0.2) is 20.8 Å². The summed E-state index contributed by atoms with van der Waals surface area (Å²) in [6.07, 6.45) is 2.78. The number of rotatable bonds is 2. The molecule has 0 bridgehead atoms. The highest BCUT2D eigenvalue weighted by Gasteiger charge is 2.05. The number of carbonyl (C=O) groups is 1. The van der Waals surface area contributed by atoms with Gasteiger partial charge in [-0.25, -0.2) is 4.68 Å². The molecule has 1 N–H and O–H groups in total. The van der Waals surface area contributed by atoms with Crippen LogP contribution in [-0.2, 0) is 0 Å². The molecule has 15 heavy (non-hydrogen) atoms. The Morgan fingerprint density at radius 3 is 2.73 bits per heavy atom. The molecule has 2 aromatic rings. The summed E-state index contributed by atoms with van der Waals surface area (Å²) in [5.74, 6) is -0.266. The van der Waals surface area contributed by atoms with Crippen molar-refractivity contribution in [3.63, 3.8) is 0 Å². The predicted molar refractivity (Wildman–Crippen MR) is 55.2 cm³/mol. The van der Waals surface area contributed by atoms with Crippen molar-refractivity contribution in [3.8, 4) is 0 Å². The molecule has 0 fully saturated rings. The SMILES string of the molecule is O=C(Nn1cnnc1)c1cccc(Cl)c1. The number of halogens is 1. The van der Waals surface area contributed by atoms with E-state index in [1.807, 2.05) is 0 Å². The van der Waals surface area contributed by atoms with E-state index in [1.165, 1.54) is 17.3 Å². The molecule has 0 saturated heterocycles. The van der Waals surface area contributed by atoms with Gasteiger partial charge in [0.1, 0.15) is 12.7 Å². The molecule has 0 aliphatic carbocycles. The lowest BCUT2D eigenvalue weighted by Crippen LogP contribution is -2.21. The topological polar surface area (TPSA) is 59.8 Å². The van der Waals surface area contributed by atoms with Gasteiger partial charge < -0.3 is 0 Å². The number of hydrogen-bond donors (Lipinski definition) is 1. The van der Waals surface area contributed by atoms with E-state index in [4.69, 9.17) is 11.6 Å². The highest BCUT2D eigenvalue weighted by atomic mass is 35.5. The number of carbonyl (C=O) groups excluding carboxylic acids is 1. The second-order valence-corrected chi connectivity index (χ2v) is 3.26. The number of aromatic nitrogens is 3. The summed E-state index contributed by atoms with van der Waals surface area (Å²) in [6, 6.07) is 6.67. The number of hydrogen-bond acceptors (Lipinski definition) is 3. The van der Waals surface area contributed by atoms with Crippen LogP contribution in [0.5, 0.6) is 0 Å². The van der Waals surface area contributed by atoms with E-state index in [2.05, 4.69) is 15.6 Å². The Balaban J connectivity index is 2.15. The molecule has 0 aliphatic heterocycles. The van der Waals surface area contributed by atoms with Crippen LogP contribution in [0.4, 0.5) is 0 Å². The van der Waals surface area contributed by atoms with E-state index in [-0.39, 0.29) is 5.91 Å². The number of amides is 1. The largest absolute Gasteiger partial charge is 0.270 e. The molecule has 1 aromatic heterocycles. The summed E-state index contributed by atoms with van der Waals surface area (Å²) >= 11 is 5.76. The summed E-state index contributed by atoms with van der Waals surface area (Å²) in [5, 5.41) is 7.64. The van der Waals surface area contributed by atoms with Gasteiger partial charge in [-0.05, 0) is 18.2 Å². The fraction of sp³-hybridized carbons (Fsp3) is 0. The maximum atomic E-state index is 11.6. The van der Waals surface area contributed by atoms with Crippen molar-refractivity contribution in [1.82, 2.24) is 14.9 Å². The highest BCUT2D eigenvalue weighted by molar-refractivity contribution is 6.31. The average Bonchev–Trinajstić information content (AvgIpc) is 2.70. The Bertz CT molecular complexity index is 469. The molecule has 0 saturated carbocycles.